The van der Waals surface area contributed by atoms with E-state index in [4.69, 9.17) is 0 Å². The second-order valence-corrected chi connectivity index (χ2v) is 7.70. The Hall–Kier alpha value is -2.15. The predicted octanol–water partition coefficient (Wildman–Crippen LogP) is 3.51. The van der Waals surface area contributed by atoms with Gasteiger partial charge in [-0.1, -0.05) is 30.0 Å². The minimum absolute atomic E-state index is 0.0549. The molecule has 5 nitrogen and oxygen atoms in total. The van der Waals surface area contributed by atoms with E-state index in [0.29, 0.717) is 11.0 Å². The van der Waals surface area contributed by atoms with Crippen LogP contribution in [0.4, 0.5) is 4.39 Å². The van der Waals surface area contributed by atoms with Gasteiger partial charge in [0, 0.05) is 5.54 Å². The highest BCUT2D eigenvalue weighted by Crippen LogP contribution is 2.20. The molecule has 1 aromatic heterocycles. The summed E-state index contributed by atoms with van der Waals surface area (Å²) < 4.78 is 12.9. The molecule has 2 aromatic rings. The molecular formula is C17H21FN4OS. The molecule has 0 aliphatic carbocycles. The molecule has 0 spiro atoms. The molecule has 0 bridgehead atoms. The van der Waals surface area contributed by atoms with Gasteiger partial charge in [-0.25, -0.2) is 9.37 Å². The van der Waals surface area contributed by atoms with E-state index in [9.17, 15) is 9.18 Å². The van der Waals surface area contributed by atoms with E-state index in [0.717, 1.165) is 5.56 Å². The lowest BCUT2D eigenvalue weighted by Crippen LogP contribution is -2.44. The first-order valence-electron chi connectivity index (χ1n) is 7.58. The third-order valence-corrected chi connectivity index (χ3v) is 3.90. The molecule has 0 aliphatic heterocycles. The molecule has 2 rings (SSSR count). The first kappa shape index (κ1) is 18.2. The smallest absolute Gasteiger partial charge is 0.233 e. The summed E-state index contributed by atoms with van der Waals surface area (Å²) in [6.07, 6.45) is 3.56. The number of thioether (sulfide) groups is 1. The lowest BCUT2D eigenvalue weighted by Gasteiger charge is -2.22. The Labute approximate surface area is 145 Å². The van der Waals surface area contributed by atoms with Crippen molar-refractivity contribution in [2.45, 2.75) is 43.6 Å². The Kier molecular flexibility index (Phi) is 5.77. The Bertz CT molecular complexity index is 719. The summed E-state index contributed by atoms with van der Waals surface area (Å²) in [7, 11) is 0. The number of halogens is 1. The zero-order valence-corrected chi connectivity index (χ0v) is 14.9. The Balaban J connectivity index is 1.95. The highest BCUT2D eigenvalue weighted by molar-refractivity contribution is 8.00. The average Bonchev–Trinajstić information content (AvgIpc) is 2.92. The van der Waals surface area contributed by atoms with Crippen molar-refractivity contribution in [3.63, 3.8) is 0 Å². The standard InChI is InChI=1S/C17H21FN4OS/c1-11(15(23)20-17(2,3)4)24-16-19-14(21-22-16)10-7-12-5-8-13(18)9-6-12/h5-11H,1-4H3,(H,20,23)(H,19,21,22). The molecule has 128 valence electrons. The van der Waals surface area contributed by atoms with Crippen molar-refractivity contribution in [2.24, 2.45) is 0 Å². The maximum absolute atomic E-state index is 12.9. The molecular weight excluding hydrogens is 327 g/mol. The zero-order chi connectivity index (χ0) is 17.7. The van der Waals surface area contributed by atoms with E-state index >= 15 is 0 Å². The highest BCUT2D eigenvalue weighted by Gasteiger charge is 2.21. The third-order valence-electron chi connectivity index (χ3n) is 2.94. The van der Waals surface area contributed by atoms with Gasteiger partial charge in [-0.15, -0.1) is 5.10 Å². The van der Waals surface area contributed by atoms with Gasteiger partial charge in [0.15, 0.2) is 0 Å². The monoisotopic (exact) mass is 348 g/mol. The van der Waals surface area contributed by atoms with Gasteiger partial charge in [-0.3, -0.25) is 9.89 Å². The first-order chi connectivity index (χ1) is 11.2. The number of carbonyl (C=O) groups excluding carboxylic acids is 1. The number of amides is 1. The number of nitrogens with zero attached hydrogens (tertiary/aromatic N) is 2. The van der Waals surface area contributed by atoms with Crippen LogP contribution in [0.2, 0.25) is 0 Å². The molecule has 0 aliphatic rings. The normalized spacial score (nSPS) is 13.2. The molecule has 7 heteroatoms. The number of aromatic amines is 1. The van der Waals surface area contributed by atoms with E-state index in [1.807, 2.05) is 33.8 Å². The number of carbonyl (C=O) groups is 1. The summed E-state index contributed by atoms with van der Waals surface area (Å²) in [5.41, 5.74) is 0.591. The van der Waals surface area contributed by atoms with Crippen molar-refractivity contribution in [3.8, 4) is 0 Å². The predicted molar refractivity (Wildman–Crippen MR) is 94.9 cm³/mol. The van der Waals surface area contributed by atoms with Gasteiger partial charge in [0.05, 0.1) is 5.25 Å². The molecule has 0 saturated heterocycles. The quantitative estimate of drug-likeness (QED) is 0.811. The van der Waals surface area contributed by atoms with Crippen molar-refractivity contribution < 1.29 is 9.18 Å². The molecule has 0 radical (unpaired) electrons. The van der Waals surface area contributed by atoms with Crippen molar-refractivity contribution in [2.75, 3.05) is 0 Å². The number of hydrogen-bond donors (Lipinski definition) is 2. The van der Waals surface area contributed by atoms with Crippen LogP contribution in [0.15, 0.2) is 29.4 Å². The van der Waals surface area contributed by atoms with E-state index in [1.54, 1.807) is 18.2 Å². The van der Waals surface area contributed by atoms with Crippen LogP contribution in [0.1, 0.15) is 39.1 Å². The summed E-state index contributed by atoms with van der Waals surface area (Å²) in [6.45, 7) is 7.63. The number of H-pyrrole nitrogens is 1. The van der Waals surface area contributed by atoms with Crippen molar-refractivity contribution >= 4 is 29.8 Å². The van der Waals surface area contributed by atoms with E-state index in [-0.39, 0.29) is 22.5 Å². The maximum Gasteiger partial charge on any atom is 0.233 e. The average molecular weight is 348 g/mol. The number of benzene rings is 1. The molecule has 1 atom stereocenters. The molecule has 1 heterocycles. The van der Waals surface area contributed by atoms with E-state index in [2.05, 4.69) is 20.5 Å². The fraction of sp³-hybridized carbons (Fsp3) is 0.353. The number of aromatic nitrogens is 3. The molecule has 24 heavy (non-hydrogen) atoms. The van der Waals surface area contributed by atoms with Gasteiger partial charge in [0.25, 0.3) is 0 Å². The lowest BCUT2D eigenvalue weighted by molar-refractivity contribution is -0.121. The van der Waals surface area contributed by atoms with Gasteiger partial charge in [-0.05, 0) is 51.5 Å². The van der Waals surface area contributed by atoms with Crippen LogP contribution in [0.25, 0.3) is 12.2 Å². The molecule has 0 saturated carbocycles. The second-order valence-electron chi connectivity index (χ2n) is 6.39. The van der Waals surface area contributed by atoms with Gasteiger partial charge < -0.3 is 5.32 Å². The van der Waals surface area contributed by atoms with Crippen LogP contribution in [-0.2, 0) is 4.79 Å². The number of hydrogen-bond acceptors (Lipinski definition) is 4. The molecule has 0 fully saturated rings. The highest BCUT2D eigenvalue weighted by atomic mass is 32.2. The Morgan fingerprint density at radius 1 is 1.29 bits per heavy atom. The van der Waals surface area contributed by atoms with E-state index in [1.165, 1.54) is 23.9 Å². The van der Waals surface area contributed by atoms with Gasteiger partial charge in [-0.2, -0.15) is 0 Å². The van der Waals surface area contributed by atoms with Crippen LogP contribution in [-0.4, -0.2) is 31.9 Å². The summed E-state index contributed by atoms with van der Waals surface area (Å²) in [5, 5.41) is 10.0. The van der Waals surface area contributed by atoms with Gasteiger partial charge >= 0.3 is 0 Å². The number of nitrogens with one attached hydrogen (secondary N) is 2. The van der Waals surface area contributed by atoms with Crippen LogP contribution < -0.4 is 5.32 Å². The van der Waals surface area contributed by atoms with Gasteiger partial charge in [0.2, 0.25) is 11.1 Å². The maximum atomic E-state index is 12.9. The minimum Gasteiger partial charge on any atom is -0.351 e. The molecule has 1 amide bonds. The fourth-order valence-electron chi connectivity index (χ4n) is 1.82. The zero-order valence-electron chi connectivity index (χ0n) is 14.1. The van der Waals surface area contributed by atoms with Crippen LogP contribution in [0, 0.1) is 5.82 Å². The molecule has 2 N–H and O–H groups in total. The lowest BCUT2D eigenvalue weighted by atomic mass is 10.1. The summed E-state index contributed by atoms with van der Waals surface area (Å²) in [5.74, 6) is 0.249. The summed E-state index contributed by atoms with van der Waals surface area (Å²) in [6, 6.07) is 6.15. The first-order valence-corrected chi connectivity index (χ1v) is 8.46. The second kappa shape index (κ2) is 7.61. The fourth-order valence-corrected chi connectivity index (χ4v) is 2.55. The SMILES string of the molecule is CC(Sc1n[nH]c(C=Cc2ccc(F)cc2)n1)C(=O)NC(C)(C)C. The summed E-state index contributed by atoms with van der Waals surface area (Å²) in [4.78, 5) is 16.4. The number of rotatable bonds is 5. The van der Waals surface area contributed by atoms with Crippen LogP contribution >= 0.6 is 11.8 Å². The van der Waals surface area contributed by atoms with Crippen molar-refractivity contribution in [1.82, 2.24) is 20.5 Å². The Morgan fingerprint density at radius 2 is 1.96 bits per heavy atom. The van der Waals surface area contributed by atoms with Gasteiger partial charge in [0.1, 0.15) is 11.6 Å². The third kappa shape index (κ3) is 5.81. The minimum atomic E-state index is -0.297. The topological polar surface area (TPSA) is 70.7 Å². The molecule has 1 unspecified atom stereocenters. The van der Waals surface area contributed by atoms with E-state index < -0.39 is 0 Å². The van der Waals surface area contributed by atoms with Crippen molar-refractivity contribution in [1.29, 1.82) is 0 Å². The largest absolute Gasteiger partial charge is 0.351 e. The van der Waals surface area contributed by atoms with Crippen LogP contribution in [0.3, 0.4) is 0 Å². The van der Waals surface area contributed by atoms with Crippen LogP contribution in [0.5, 0.6) is 0 Å². The Morgan fingerprint density at radius 3 is 2.58 bits per heavy atom. The molecule has 1 aromatic carbocycles. The van der Waals surface area contributed by atoms with Crippen molar-refractivity contribution in [3.05, 3.63) is 41.5 Å². The summed E-state index contributed by atoms with van der Waals surface area (Å²) >= 11 is 1.29.